The smallest absolute Gasteiger partial charge is 0.349 e. The number of fused-ring (bicyclic) bond motifs is 1. The summed E-state index contributed by atoms with van der Waals surface area (Å²) >= 11 is 1.97. The van der Waals surface area contributed by atoms with Crippen molar-refractivity contribution in [1.29, 1.82) is 0 Å². The number of phenolic OH excluding ortho intramolecular Hbond substituents is 1. The molecule has 2 N–H and O–H groups in total. The number of ether oxygens (including phenoxy) is 1. The van der Waals surface area contributed by atoms with E-state index < -0.39 is 11.2 Å². The first-order valence-corrected chi connectivity index (χ1v) is 8.53. The van der Waals surface area contributed by atoms with Gasteiger partial charge in [0.2, 0.25) is 0 Å². The van der Waals surface area contributed by atoms with Gasteiger partial charge in [0, 0.05) is 0 Å². The highest BCUT2D eigenvalue weighted by atomic mass is 127. The fraction of sp³-hybridized carbons (Fsp3) is 0.118. The molecular formula is C17H14IN3O4. The highest BCUT2D eigenvalue weighted by Crippen LogP contribution is 2.32. The Bertz CT molecular complexity index is 1090. The lowest BCUT2D eigenvalue weighted by Crippen LogP contribution is -2.32. The molecule has 0 atom stereocenters. The van der Waals surface area contributed by atoms with Crippen molar-refractivity contribution in [3.8, 4) is 11.5 Å². The zero-order valence-corrected chi connectivity index (χ0v) is 15.4. The van der Waals surface area contributed by atoms with Gasteiger partial charge >= 0.3 is 5.69 Å². The van der Waals surface area contributed by atoms with Gasteiger partial charge < -0.3 is 14.8 Å². The van der Waals surface area contributed by atoms with E-state index in [4.69, 9.17) is 4.74 Å². The van der Waals surface area contributed by atoms with Crippen LogP contribution >= 0.6 is 22.6 Å². The zero-order chi connectivity index (χ0) is 18.0. The highest BCUT2D eigenvalue weighted by molar-refractivity contribution is 14.1. The summed E-state index contributed by atoms with van der Waals surface area (Å²) < 4.78 is 6.70. The van der Waals surface area contributed by atoms with Gasteiger partial charge in [-0.25, -0.2) is 4.79 Å². The first-order valence-electron chi connectivity index (χ1n) is 7.45. The van der Waals surface area contributed by atoms with Crippen LogP contribution in [0.2, 0.25) is 0 Å². The molecule has 0 fully saturated rings. The van der Waals surface area contributed by atoms with Crippen molar-refractivity contribution in [2.24, 2.45) is 5.10 Å². The molecule has 0 spiro atoms. The molecule has 8 heteroatoms. The molecule has 128 valence electrons. The molecule has 0 bridgehead atoms. The van der Waals surface area contributed by atoms with Crippen molar-refractivity contribution in [2.45, 2.75) is 6.92 Å². The molecule has 1 heterocycles. The van der Waals surface area contributed by atoms with Crippen LogP contribution < -0.4 is 16.0 Å². The Morgan fingerprint density at radius 1 is 1.32 bits per heavy atom. The van der Waals surface area contributed by atoms with Crippen molar-refractivity contribution in [1.82, 2.24) is 9.66 Å². The number of benzene rings is 2. The number of hydrogen-bond acceptors (Lipinski definition) is 5. The first-order chi connectivity index (χ1) is 12.0. The number of aromatic amines is 1. The van der Waals surface area contributed by atoms with Gasteiger partial charge in [0.15, 0.2) is 11.5 Å². The average molecular weight is 451 g/mol. The number of halogens is 1. The third-order valence-electron chi connectivity index (χ3n) is 3.46. The number of rotatable bonds is 4. The number of hydrogen-bond donors (Lipinski definition) is 2. The highest BCUT2D eigenvalue weighted by Gasteiger charge is 2.09. The van der Waals surface area contributed by atoms with Gasteiger partial charge in [-0.1, -0.05) is 12.1 Å². The molecule has 2 aromatic carbocycles. The molecule has 25 heavy (non-hydrogen) atoms. The number of phenols is 1. The largest absolute Gasteiger partial charge is 0.504 e. The number of nitrogens with one attached hydrogen (secondary N) is 1. The van der Waals surface area contributed by atoms with E-state index in [9.17, 15) is 14.7 Å². The SMILES string of the molecule is CCOc1cc(/C=N/n2c(=O)[nH]c3ccccc3c2=O)cc(I)c1O. The summed E-state index contributed by atoms with van der Waals surface area (Å²) in [6, 6.07) is 9.98. The molecule has 0 amide bonds. The van der Waals surface area contributed by atoms with Crippen LogP contribution in [0.15, 0.2) is 51.1 Å². The van der Waals surface area contributed by atoms with Crippen molar-refractivity contribution in [2.75, 3.05) is 6.61 Å². The zero-order valence-electron chi connectivity index (χ0n) is 13.2. The maximum atomic E-state index is 12.4. The third kappa shape index (κ3) is 3.43. The van der Waals surface area contributed by atoms with Crippen molar-refractivity contribution < 1.29 is 9.84 Å². The van der Waals surface area contributed by atoms with Gasteiger partial charge in [0.25, 0.3) is 5.56 Å². The summed E-state index contributed by atoms with van der Waals surface area (Å²) in [7, 11) is 0. The average Bonchev–Trinajstić information content (AvgIpc) is 2.59. The second kappa shape index (κ2) is 7.09. The van der Waals surface area contributed by atoms with E-state index >= 15 is 0 Å². The Morgan fingerprint density at radius 3 is 2.84 bits per heavy atom. The molecule has 0 aliphatic rings. The summed E-state index contributed by atoms with van der Waals surface area (Å²) in [6.07, 6.45) is 1.37. The summed E-state index contributed by atoms with van der Waals surface area (Å²) in [5, 5.41) is 14.3. The molecule has 0 aliphatic heterocycles. The third-order valence-corrected chi connectivity index (χ3v) is 4.28. The standard InChI is InChI=1S/C17H14IN3O4/c1-2-25-14-8-10(7-12(18)15(14)22)9-19-21-16(23)11-5-3-4-6-13(11)20-17(21)24/h3-9,22H,2H2,1H3,(H,20,24)/b19-9+. The number of para-hydroxylation sites is 1. The van der Waals surface area contributed by atoms with E-state index in [0.717, 1.165) is 4.68 Å². The fourth-order valence-electron chi connectivity index (χ4n) is 2.32. The maximum absolute atomic E-state index is 12.4. The topological polar surface area (TPSA) is 96.7 Å². The Labute approximate surface area is 155 Å². The van der Waals surface area contributed by atoms with Crippen molar-refractivity contribution >= 4 is 39.7 Å². The van der Waals surface area contributed by atoms with E-state index in [0.29, 0.717) is 32.4 Å². The molecule has 0 unspecified atom stereocenters. The molecule has 0 radical (unpaired) electrons. The molecule has 0 aliphatic carbocycles. The second-order valence-electron chi connectivity index (χ2n) is 5.12. The Kier molecular flexibility index (Phi) is 4.88. The summed E-state index contributed by atoms with van der Waals surface area (Å²) in [5.41, 5.74) is -0.0839. The van der Waals surface area contributed by atoms with Crippen LogP contribution in [0, 0.1) is 3.57 Å². The van der Waals surface area contributed by atoms with Gasteiger partial charge in [-0.3, -0.25) is 4.79 Å². The number of aromatic hydroxyl groups is 1. The Hall–Kier alpha value is -2.62. The number of H-pyrrole nitrogens is 1. The van der Waals surface area contributed by atoms with E-state index in [1.807, 2.05) is 22.6 Å². The van der Waals surface area contributed by atoms with E-state index in [-0.39, 0.29) is 5.75 Å². The van der Waals surface area contributed by atoms with Crippen LogP contribution in [-0.4, -0.2) is 27.6 Å². The molecular weight excluding hydrogens is 437 g/mol. The van der Waals surface area contributed by atoms with Gasteiger partial charge in [0.05, 0.1) is 27.3 Å². The molecule has 1 aromatic heterocycles. The van der Waals surface area contributed by atoms with E-state index in [1.165, 1.54) is 6.21 Å². The molecule has 0 saturated heterocycles. The van der Waals surface area contributed by atoms with Gasteiger partial charge in [-0.05, 0) is 59.3 Å². The predicted octanol–water partition coefficient (Wildman–Crippen LogP) is 2.28. The van der Waals surface area contributed by atoms with Crippen LogP contribution in [0.4, 0.5) is 0 Å². The predicted molar refractivity (Wildman–Crippen MR) is 104 cm³/mol. The van der Waals surface area contributed by atoms with Gasteiger partial charge in [-0.15, -0.1) is 4.68 Å². The van der Waals surface area contributed by atoms with E-state index in [1.54, 1.807) is 43.3 Å². The summed E-state index contributed by atoms with van der Waals surface area (Å²) in [5.74, 6) is 0.357. The second-order valence-corrected chi connectivity index (χ2v) is 6.28. The van der Waals surface area contributed by atoms with Crippen molar-refractivity contribution in [3.63, 3.8) is 0 Å². The minimum atomic E-state index is -0.626. The van der Waals surface area contributed by atoms with Gasteiger partial charge in [-0.2, -0.15) is 5.10 Å². The first kappa shape index (κ1) is 17.2. The van der Waals surface area contributed by atoms with Crippen LogP contribution in [0.3, 0.4) is 0 Å². The summed E-state index contributed by atoms with van der Waals surface area (Å²) in [4.78, 5) is 27.1. The lowest BCUT2D eigenvalue weighted by atomic mass is 10.2. The molecule has 3 rings (SSSR count). The normalized spacial score (nSPS) is 11.3. The maximum Gasteiger partial charge on any atom is 0.349 e. The Balaban J connectivity index is 2.07. The fourth-order valence-corrected chi connectivity index (χ4v) is 2.94. The molecule has 0 saturated carbocycles. The van der Waals surface area contributed by atoms with Crippen molar-refractivity contribution in [3.05, 3.63) is 66.4 Å². The van der Waals surface area contributed by atoms with Crippen LogP contribution in [-0.2, 0) is 0 Å². The quantitative estimate of drug-likeness (QED) is 0.470. The summed E-state index contributed by atoms with van der Waals surface area (Å²) in [6.45, 7) is 2.20. The number of nitrogens with zero attached hydrogens (tertiary/aromatic N) is 2. The molecule has 3 aromatic rings. The number of aromatic nitrogens is 2. The lowest BCUT2D eigenvalue weighted by molar-refractivity contribution is 0.317. The van der Waals surface area contributed by atoms with Crippen LogP contribution in [0.25, 0.3) is 10.9 Å². The Morgan fingerprint density at radius 2 is 2.08 bits per heavy atom. The lowest BCUT2D eigenvalue weighted by Gasteiger charge is -2.08. The van der Waals surface area contributed by atoms with Crippen LogP contribution in [0.1, 0.15) is 12.5 Å². The van der Waals surface area contributed by atoms with Crippen LogP contribution in [0.5, 0.6) is 11.5 Å². The van der Waals surface area contributed by atoms with Gasteiger partial charge in [0.1, 0.15) is 0 Å². The monoisotopic (exact) mass is 451 g/mol. The van der Waals surface area contributed by atoms with E-state index in [2.05, 4.69) is 10.1 Å². The minimum Gasteiger partial charge on any atom is -0.504 e. The molecule has 7 nitrogen and oxygen atoms in total. The minimum absolute atomic E-state index is 0.0420.